The Bertz CT molecular complexity index is 515. The number of likely N-dealkylation sites (tertiary alicyclic amines) is 1. The minimum atomic E-state index is -0.960. The summed E-state index contributed by atoms with van der Waals surface area (Å²) in [6, 6.07) is 6.44. The standard InChI is InChI=1S/C15H20N2O4/c1-16(15(21)17-7-6-12(9-17)10-18)8-11-2-4-13(5-3-11)14(19)20/h2-5,12,18H,6-10H2,1H3,(H,19,20). The van der Waals surface area contributed by atoms with Crippen LogP contribution in [0, 0.1) is 5.92 Å². The Balaban J connectivity index is 1.93. The van der Waals surface area contributed by atoms with Gasteiger partial charge in [-0.15, -0.1) is 0 Å². The van der Waals surface area contributed by atoms with Crippen molar-refractivity contribution in [3.63, 3.8) is 0 Å². The van der Waals surface area contributed by atoms with Crippen molar-refractivity contribution in [1.82, 2.24) is 9.80 Å². The summed E-state index contributed by atoms with van der Waals surface area (Å²) in [5.41, 5.74) is 1.12. The number of aromatic carboxylic acids is 1. The van der Waals surface area contributed by atoms with Crippen LogP contribution in [0.25, 0.3) is 0 Å². The summed E-state index contributed by atoms with van der Waals surface area (Å²) >= 11 is 0. The molecule has 1 aromatic carbocycles. The van der Waals surface area contributed by atoms with Gasteiger partial charge in [-0.1, -0.05) is 12.1 Å². The van der Waals surface area contributed by atoms with E-state index in [0.29, 0.717) is 19.6 Å². The van der Waals surface area contributed by atoms with Crippen LogP contribution in [0.1, 0.15) is 22.3 Å². The van der Waals surface area contributed by atoms with Gasteiger partial charge in [-0.2, -0.15) is 0 Å². The minimum Gasteiger partial charge on any atom is -0.478 e. The average molecular weight is 292 g/mol. The van der Waals surface area contributed by atoms with E-state index in [9.17, 15) is 9.59 Å². The van der Waals surface area contributed by atoms with Gasteiger partial charge in [0, 0.05) is 39.2 Å². The Labute approximate surface area is 123 Å². The summed E-state index contributed by atoms with van der Waals surface area (Å²) in [6.45, 7) is 1.81. The monoisotopic (exact) mass is 292 g/mol. The molecule has 0 bridgehead atoms. The molecular formula is C15H20N2O4. The van der Waals surface area contributed by atoms with Crippen LogP contribution in [-0.2, 0) is 6.54 Å². The molecule has 2 N–H and O–H groups in total. The van der Waals surface area contributed by atoms with E-state index in [1.165, 1.54) is 12.1 Å². The molecule has 6 nitrogen and oxygen atoms in total. The van der Waals surface area contributed by atoms with E-state index in [1.807, 2.05) is 0 Å². The number of amides is 2. The van der Waals surface area contributed by atoms with E-state index in [1.54, 1.807) is 29.0 Å². The third kappa shape index (κ3) is 3.72. The van der Waals surface area contributed by atoms with Crippen LogP contribution < -0.4 is 0 Å². The fourth-order valence-electron chi connectivity index (χ4n) is 2.49. The molecule has 1 aliphatic heterocycles. The van der Waals surface area contributed by atoms with E-state index < -0.39 is 5.97 Å². The minimum absolute atomic E-state index is 0.0618. The van der Waals surface area contributed by atoms with E-state index in [2.05, 4.69) is 0 Å². The van der Waals surface area contributed by atoms with Crippen molar-refractivity contribution in [2.24, 2.45) is 5.92 Å². The zero-order valence-corrected chi connectivity index (χ0v) is 12.0. The molecule has 0 aliphatic carbocycles. The molecule has 6 heteroatoms. The van der Waals surface area contributed by atoms with Gasteiger partial charge in [-0.3, -0.25) is 0 Å². The third-order valence-electron chi connectivity index (χ3n) is 3.76. The van der Waals surface area contributed by atoms with Crippen molar-refractivity contribution >= 4 is 12.0 Å². The molecule has 0 saturated carbocycles. The second-order valence-corrected chi connectivity index (χ2v) is 5.42. The first-order valence-electron chi connectivity index (χ1n) is 6.94. The maximum absolute atomic E-state index is 12.3. The number of rotatable bonds is 4. The molecule has 2 amide bonds. The molecule has 2 rings (SSSR count). The van der Waals surface area contributed by atoms with E-state index in [0.717, 1.165) is 12.0 Å². The Morgan fingerprint density at radius 1 is 1.33 bits per heavy atom. The lowest BCUT2D eigenvalue weighted by Gasteiger charge is -2.24. The predicted octanol–water partition coefficient (Wildman–Crippen LogP) is 1.25. The number of hydrogen-bond acceptors (Lipinski definition) is 3. The lowest BCUT2D eigenvalue weighted by atomic mass is 10.1. The van der Waals surface area contributed by atoms with Crippen molar-refractivity contribution < 1.29 is 19.8 Å². The van der Waals surface area contributed by atoms with Gasteiger partial charge >= 0.3 is 12.0 Å². The zero-order chi connectivity index (χ0) is 15.4. The summed E-state index contributed by atoms with van der Waals surface area (Å²) < 4.78 is 0. The first kappa shape index (κ1) is 15.3. The van der Waals surface area contributed by atoms with Crippen molar-refractivity contribution in [1.29, 1.82) is 0 Å². The summed E-state index contributed by atoms with van der Waals surface area (Å²) in [5, 5.41) is 18.0. The summed E-state index contributed by atoms with van der Waals surface area (Å²) in [6.07, 6.45) is 0.837. The van der Waals surface area contributed by atoms with Crippen LogP contribution in [0.4, 0.5) is 4.79 Å². The van der Waals surface area contributed by atoms with Gasteiger partial charge in [-0.05, 0) is 24.1 Å². The SMILES string of the molecule is CN(Cc1ccc(C(=O)O)cc1)C(=O)N1CCC(CO)C1. The van der Waals surface area contributed by atoms with Crippen molar-refractivity contribution in [3.8, 4) is 0 Å². The van der Waals surface area contributed by atoms with Crippen molar-refractivity contribution in [2.45, 2.75) is 13.0 Å². The number of carboxylic acids is 1. The number of aliphatic hydroxyl groups excluding tert-OH is 1. The molecule has 114 valence electrons. The van der Waals surface area contributed by atoms with Gasteiger partial charge in [0.25, 0.3) is 0 Å². The van der Waals surface area contributed by atoms with Gasteiger partial charge in [0.05, 0.1) is 5.56 Å². The van der Waals surface area contributed by atoms with Gasteiger partial charge in [0.2, 0.25) is 0 Å². The van der Waals surface area contributed by atoms with Gasteiger partial charge < -0.3 is 20.0 Å². The number of carbonyl (C=O) groups excluding carboxylic acids is 1. The normalized spacial score (nSPS) is 17.8. The number of nitrogens with zero attached hydrogens (tertiary/aromatic N) is 2. The van der Waals surface area contributed by atoms with Crippen molar-refractivity contribution in [2.75, 3.05) is 26.7 Å². The summed E-state index contributed by atoms with van der Waals surface area (Å²) in [4.78, 5) is 26.4. The molecule has 0 radical (unpaired) electrons. The molecule has 1 fully saturated rings. The number of benzene rings is 1. The highest BCUT2D eigenvalue weighted by Gasteiger charge is 2.27. The molecule has 21 heavy (non-hydrogen) atoms. The highest BCUT2D eigenvalue weighted by Crippen LogP contribution is 2.17. The molecule has 1 aliphatic rings. The predicted molar refractivity (Wildman–Crippen MR) is 77.0 cm³/mol. The molecule has 1 unspecified atom stereocenters. The molecule has 0 aromatic heterocycles. The second-order valence-electron chi connectivity index (χ2n) is 5.42. The quantitative estimate of drug-likeness (QED) is 0.875. The van der Waals surface area contributed by atoms with Crippen LogP contribution in [0.2, 0.25) is 0 Å². The lowest BCUT2D eigenvalue weighted by molar-refractivity contribution is 0.0696. The third-order valence-corrected chi connectivity index (χ3v) is 3.76. The van der Waals surface area contributed by atoms with Gasteiger partial charge in [0.15, 0.2) is 0 Å². The van der Waals surface area contributed by atoms with Crippen molar-refractivity contribution in [3.05, 3.63) is 35.4 Å². The molecule has 1 aromatic rings. The van der Waals surface area contributed by atoms with Crippen LogP contribution >= 0.6 is 0 Å². The molecule has 1 atom stereocenters. The Kier molecular flexibility index (Phi) is 4.80. The first-order chi connectivity index (χ1) is 10.0. The highest BCUT2D eigenvalue weighted by molar-refractivity contribution is 5.87. The largest absolute Gasteiger partial charge is 0.478 e. The molecular weight excluding hydrogens is 272 g/mol. The Morgan fingerprint density at radius 3 is 2.52 bits per heavy atom. The van der Waals surface area contributed by atoms with E-state index in [4.69, 9.17) is 10.2 Å². The Morgan fingerprint density at radius 2 is 2.00 bits per heavy atom. The van der Waals surface area contributed by atoms with Crippen LogP contribution in [0.15, 0.2) is 24.3 Å². The van der Waals surface area contributed by atoms with Crippen LogP contribution in [0.5, 0.6) is 0 Å². The van der Waals surface area contributed by atoms with E-state index >= 15 is 0 Å². The lowest BCUT2D eigenvalue weighted by Crippen LogP contribution is -2.39. The summed E-state index contributed by atoms with van der Waals surface area (Å²) in [7, 11) is 1.72. The topological polar surface area (TPSA) is 81.1 Å². The second kappa shape index (κ2) is 6.58. The number of carboxylic acid groups (broad SMARTS) is 1. The molecule has 1 saturated heterocycles. The average Bonchev–Trinajstić information content (AvgIpc) is 2.95. The van der Waals surface area contributed by atoms with E-state index in [-0.39, 0.29) is 24.1 Å². The number of urea groups is 1. The number of carbonyl (C=O) groups is 2. The van der Waals surface area contributed by atoms with Crippen LogP contribution in [-0.4, -0.2) is 58.8 Å². The van der Waals surface area contributed by atoms with Crippen LogP contribution in [0.3, 0.4) is 0 Å². The fourth-order valence-corrected chi connectivity index (χ4v) is 2.49. The first-order valence-corrected chi connectivity index (χ1v) is 6.94. The highest BCUT2D eigenvalue weighted by atomic mass is 16.4. The zero-order valence-electron chi connectivity index (χ0n) is 12.0. The number of aliphatic hydroxyl groups is 1. The van der Waals surface area contributed by atoms with Gasteiger partial charge in [-0.25, -0.2) is 9.59 Å². The van der Waals surface area contributed by atoms with Gasteiger partial charge in [0.1, 0.15) is 0 Å². The fraction of sp³-hybridized carbons (Fsp3) is 0.467. The maximum Gasteiger partial charge on any atom is 0.335 e. The molecule has 0 spiro atoms. The molecule has 1 heterocycles. The summed E-state index contributed by atoms with van der Waals surface area (Å²) in [5.74, 6) is -0.782. The number of hydrogen-bond donors (Lipinski definition) is 2. The maximum atomic E-state index is 12.3. The smallest absolute Gasteiger partial charge is 0.335 e. The Hall–Kier alpha value is -2.08.